The van der Waals surface area contributed by atoms with Crippen LogP contribution in [0, 0.1) is 5.82 Å². The predicted octanol–water partition coefficient (Wildman–Crippen LogP) is 5.77. The van der Waals surface area contributed by atoms with Gasteiger partial charge in [-0.1, -0.05) is 47.5 Å². The molecule has 1 amide bonds. The first-order chi connectivity index (χ1) is 15.3. The summed E-state index contributed by atoms with van der Waals surface area (Å²) in [7, 11) is 1.49. The van der Waals surface area contributed by atoms with E-state index in [1.165, 1.54) is 30.2 Å². The maximum Gasteiger partial charge on any atom is 0.300 e. The minimum atomic E-state index is -1.01. The number of aliphatic hydroxyl groups excluding tert-OH is 1. The van der Waals surface area contributed by atoms with E-state index in [0.717, 1.165) is 6.07 Å². The highest BCUT2D eigenvalue weighted by atomic mass is 35.5. The van der Waals surface area contributed by atoms with Crippen molar-refractivity contribution in [1.29, 1.82) is 0 Å². The van der Waals surface area contributed by atoms with Crippen LogP contribution in [-0.4, -0.2) is 23.9 Å². The first-order valence-electron chi connectivity index (χ1n) is 9.47. The topological polar surface area (TPSA) is 66.8 Å². The minimum Gasteiger partial charge on any atom is -0.507 e. The number of hydrogen-bond donors (Lipinski definition) is 1. The number of hydrogen-bond acceptors (Lipinski definition) is 4. The van der Waals surface area contributed by atoms with Gasteiger partial charge >= 0.3 is 0 Å². The van der Waals surface area contributed by atoms with Gasteiger partial charge in [-0.3, -0.25) is 14.5 Å². The molecule has 3 aromatic rings. The summed E-state index contributed by atoms with van der Waals surface area (Å²) in [5.74, 6) is -2.33. The van der Waals surface area contributed by atoms with Gasteiger partial charge in [0.1, 0.15) is 17.3 Å². The lowest BCUT2D eigenvalue weighted by Gasteiger charge is -2.26. The van der Waals surface area contributed by atoms with Gasteiger partial charge in [0.05, 0.1) is 23.7 Å². The van der Waals surface area contributed by atoms with E-state index in [4.69, 9.17) is 27.9 Å². The Bertz CT molecular complexity index is 1270. The first kappa shape index (κ1) is 21.9. The normalized spacial score (nSPS) is 17.6. The Morgan fingerprint density at radius 3 is 2.47 bits per heavy atom. The van der Waals surface area contributed by atoms with Crippen molar-refractivity contribution in [2.75, 3.05) is 12.0 Å². The van der Waals surface area contributed by atoms with E-state index in [1.807, 2.05) is 0 Å². The molecular formula is C24H16Cl2FNO4. The van der Waals surface area contributed by atoms with Crippen LogP contribution in [0.5, 0.6) is 5.75 Å². The molecule has 3 aromatic carbocycles. The molecule has 1 atom stereocenters. The number of carbonyl (C=O) groups excluding carboxylic acids is 2. The van der Waals surface area contributed by atoms with Gasteiger partial charge in [0, 0.05) is 16.3 Å². The van der Waals surface area contributed by atoms with E-state index in [9.17, 15) is 19.1 Å². The maximum absolute atomic E-state index is 13.8. The highest BCUT2D eigenvalue weighted by Crippen LogP contribution is 2.43. The number of Topliss-reactive ketones (excluding diaryl/α,β-unsaturated/α-hetero) is 1. The van der Waals surface area contributed by atoms with Crippen molar-refractivity contribution in [2.45, 2.75) is 6.04 Å². The molecule has 1 saturated heterocycles. The highest BCUT2D eigenvalue weighted by molar-refractivity contribution is 6.52. The molecule has 1 heterocycles. The van der Waals surface area contributed by atoms with Crippen LogP contribution in [0.25, 0.3) is 5.76 Å². The van der Waals surface area contributed by atoms with Crippen molar-refractivity contribution in [2.24, 2.45) is 0 Å². The van der Waals surface area contributed by atoms with Crippen molar-refractivity contribution >= 4 is 46.3 Å². The van der Waals surface area contributed by atoms with Gasteiger partial charge in [-0.25, -0.2) is 4.39 Å². The average molecular weight is 472 g/mol. The zero-order valence-electron chi connectivity index (χ0n) is 16.7. The maximum atomic E-state index is 13.8. The first-order valence-corrected chi connectivity index (χ1v) is 10.2. The molecule has 162 valence electrons. The van der Waals surface area contributed by atoms with Gasteiger partial charge in [0.25, 0.3) is 11.7 Å². The van der Waals surface area contributed by atoms with Gasteiger partial charge in [-0.2, -0.15) is 0 Å². The van der Waals surface area contributed by atoms with Crippen LogP contribution in [0.15, 0.2) is 72.3 Å². The third kappa shape index (κ3) is 3.83. The highest BCUT2D eigenvalue weighted by Gasteiger charge is 2.47. The smallest absolute Gasteiger partial charge is 0.300 e. The monoisotopic (exact) mass is 471 g/mol. The summed E-state index contributed by atoms with van der Waals surface area (Å²) in [6.07, 6.45) is 0. The lowest BCUT2D eigenvalue weighted by atomic mass is 9.95. The van der Waals surface area contributed by atoms with E-state index in [0.29, 0.717) is 16.3 Å². The Balaban J connectivity index is 1.97. The Morgan fingerprint density at radius 1 is 1.03 bits per heavy atom. The largest absolute Gasteiger partial charge is 0.507 e. The fraction of sp³-hybridized carbons (Fsp3) is 0.0833. The molecule has 8 heteroatoms. The van der Waals surface area contributed by atoms with Crippen LogP contribution >= 0.6 is 23.2 Å². The number of carbonyl (C=O) groups is 2. The third-order valence-corrected chi connectivity index (χ3v) is 5.66. The van der Waals surface area contributed by atoms with Gasteiger partial charge in [0.15, 0.2) is 0 Å². The van der Waals surface area contributed by atoms with Gasteiger partial charge in [-0.05, 0) is 48.0 Å². The Hall–Kier alpha value is -3.35. The zero-order valence-corrected chi connectivity index (χ0v) is 18.2. The molecule has 1 aliphatic rings. The number of rotatable bonds is 4. The Morgan fingerprint density at radius 2 is 1.78 bits per heavy atom. The Kier molecular flexibility index (Phi) is 5.91. The number of benzene rings is 3. The summed E-state index contributed by atoms with van der Waals surface area (Å²) in [4.78, 5) is 27.4. The fourth-order valence-corrected chi connectivity index (χ4v) is 4.02. The lowest BCUT2D eigenvalue weighted by molar-refractivity contribution is -0.132. The molecule has 1 aliphatic heterocycles. The molecule has 0 saturated carbocycles. The number of aliphatic hydroxyl groups is 1. The molecule has 4 rings (SSSR count). The summed E-state index contributed by atoms with van der Waals surface area (Å²) < 4.78 is 19.0. The van der Waals surface area contributed by atoms with Crippen molar-refractivity contribution in [3.8, 4) is 5.75 Å². The summed E-state index contributed by atoms with van der Waals surface area (Å²) in [5, 5.41) is 11.2. The standard InChI is InChI=1S/C24H16Cl2FNO4/c1-32-17-7-3-4-13(11-17)21-20(22(29)14-5-2-6-15(25)10-14)23(30)24(31)28(21)16-8-9-19(27)18(26)12-16/h2-12,21,29H,1H3/b22-20+. The number of amides is 1. The second-order valence-electron chi connectivity index (χ2n) is 7.05. The number of halogens is 3. The van der Waals surface area contributed by atoms with Crippen molar-refractivity contribution in [3.63, 3.8) is 0 Å². The zero-order chi connectivity index (χ0) is 23.0. The minimum absolute atomic E-state index is 0.133. The summed E-state index contributed by atoms with van der Waals surface area (Å²) in [6.45, 7) is 0. The van der Waals surface area contributed by atoms with E-state index in [1.54, 1.807) is 42.5 Å². The predicted molar refractivity (Wildman–Crippen MR) is 121 cm³/mol. The quantitative estimate of drug-likeness (QED) is 0.298. The van der Waals surface area contributed by atoms with Crippen molar-refractivity contribution in [3.05, 3.63) is 99.3 Å². The second kappa shape index (κ2) is 8.65. The van der Waals surface area contributed by atoms with Crippen LogP contribution < -0.4 is 9.64 Å². The molecule has 0 bridgehead atoms. The van der Waals surface area contributed by atoms with Crippen LogP contribution in [-0.2, 0) is 9.59 Å². The molecular weight excluding hydrogens is 456 g/mol. The lowest BCUT2D eigenvalue weighted by Crippen LogP contribution is -2.29. The molecule has 0 aliphatic carbocycles. The van der Waals surface area contributed by atoms with Crippen molar-refractivity contribution in [1.82, 2.24) is 0 Å². The molecule has 0 radical (unpaired) electrons. The van der Waals surface area contributed by atoms with Gasteiger partial charge in [-0.15, -0.1) is 0 Å². The van der Waals surface area contributed by atoms with E-state index >= 15 is 0 Å². The number of ether oxygens (including phenoxy) is 1. The summed E-state index contributed by atoms with van der Waals surface area (Å²) in [6, 6.07) is 15.8. The van der Waals surface area contributed by atoms with Gasteiger partial charge < -0.3 is 9.84 Å². The molecule has 0 spiro atoms. The van der Waals surface area contributed by atoms with E-state index in [-0.39, 0.29) is 27.6 Å². The van der Waals surface area contributed by atoms with Gasteiger partial charge in [0.2, 0.25) is 0 Å². The van der Waals surface area contributed by atoms with Crippen molar-refractivity contribution < 1.29 is 23.8 Å². The van der Waals surface area contributed by atoms with Crippen LogP contribution in [0.1, 0.15) is 17.2 Å². The number of ketones is 1. The Labute approximate surface area is 193 Å². The molecule has 1 N–H and O–H groups in total. The summed E-state index contributed by atoms with van der Waals surface area (Å²) >= 11 is 12.0. The van der Waals surface area contributed by atoms with Crippen LogP contribution in [0.4, 0.5) is 10.1 Å². The van der Waals surface area contributed by atoms with E-state index in [2.05, 4.69) is 0 Å². The molecule has 1 fully saturated rings. The SMILES string of the molecule is COc1cccc(C2/C(=C(\O)c3cccc(Cl)c3)C(=O)C(=O)N2c2ccc(F)c(Cl)c2)c1. The average Bonchev–Trinajstić information content (AvgIpc) is 3.06. The number of nitrogens with zero attached hydrogens (tertiary/aromatic N) is 1. The van der Waals surface area contributed by atoms with Crippen LogP contribution in [0.2, 0.25) is 10.0 Å². The second-order valence-corrected chi connectivity index (χ2v) is 7.90. The number of methoxy groups -OCH3 is 1. The number of anilines is 1. The molecule has 0 aromatic heterocycles. The third-order valence-electron chi connectivity index (χ3n) is 5.13. The summed E-state index contributed by atoms with van der Waals surface area (Å²) in [5.41, 5.74) is 0.857. The molecule has 32 heavy (non-hydrogen) atoms. The van der Waals surface area contributed by atoms with Crippen LogP contribution in [0.3, 0.4) is 0 Å². The molecule has 5 nitrogen and oxygen atoms in total. The fourth-order valence-electron chi connectivity index (χ4n) is 3.65. The molecule has 1 unspecified atom stereocenters. The van der Waals surface area contributed by atoms with E-state index < -0.39 is 23.5 Å².